The van der Waals surface area contributed by atoms with Gasteiger partial charge in [0.1, 0.15) is 16.8 Å². The highest BCUT2D eigenvalue weighted by atomic mass is 32.1. The van der Waals surface area contributed by atoms with Crippen molar-refractivity contribution in [1.29, 1.82) is 5.26 Å². The molecule has 1 nitrogen and oxygen atoms in total. The number of nitrogens with zero attached hydrogens (tertiary/aromatic N) is 1. The standard InChI is InChI=1S/C6H4FNS/c1-4-6(7)2-5(3-8)9-4/h2H,1H3. The van der Waals surface area contributed by atoms with Gasteiger partial charge in [-0.15, -0.1) is 11.3 Å². The largest absolute Gasteiger partial charge is 0.206 e. The molecule has 1 heterocycles. The highest BCUT2D eigenvalue weighted by Gasteiger charge is 2.01. The van der Waals surface area contributed by atoms with Crippen LogP contribution in [0.5, 0.6) is 0 Å². The molecule has 1 aromatic heterocycles. The van der Waals surface area contributed by atoms with Crippen LogP contribution in [0.4, 0.5) is 4.39 Å². The van der Waals surface area contributed by atoms with Gasteiger partial charge in [0, 0.05) is 10.9 Å². The molecule has 0 unspecified atom stereocenters. The zero-order valence-corrected chi connectivity index (χ0v) is 5.63. The Labute approximate surface area is 56.4 Å². The van der Waals surface area contributed by atoms with Crippen molar-refractivity contribution in [2.45, 2.75) is 6.92 Å². The molecule has 0 fully saturated rings. The van der Waals surface area contributed by atoms with Crippen molar-refractivity contribution >= 4 is 11.3 Å². The van der Waals surface area contributed by atoms with E-state index in [1.165, 1.54) is 17.4 Å². The van der Waals surface area contributed by atoms with E-state index in [1.807, 2.05) is 6.07 Å². The van der Waals surface area contributed by atoms with Gasteiger partial charge < -0.3 is 0 Å². The molecule has 0 aliphatic rings. The van der Waals surface area contributed by atoms with E-state index in [2.05, 4.69) is 0 Å². The molecule has 1 aromatic rings. The van der Waals surface area contributed by atoms with Crippen molar-refractivity contribution in [2.75, 3.05) is 0 Å². The number of hydrogen-bond acceptors (Lipinski definition) is 2. The summed E-state index contributed by atoms with van der Waals surface area (Å²) in [6.45, 7) is 1.65. The van der Waals surface area contributed by atoms with Crippen molar-refractivity contribution in [3.05, 3.63) is 21.6 Å². The lowest BCUT2D eigenvalue weighted by Gasteiger charge is -1.74. The van der Waals surface area contributed by atoms with Crippen molar-refractivity contribution in [3.8, 4) is 6.07 Å². The summed E-state index contributed by atoms with van der Waals surface area (Å²) >= 11 is 1.18. The van der Waals surface area contributed by atoms with E-state index in [4.69, 9.17) is 5.26 Å². The molecule has 0 radical (unpaired) electrons. The Morgan fingerprint density at radius 1 is 1.78 bits per heavy atom. The van der Waals surface area contributed by atoms with Gasteiger partial charge in [0.05, 0.1) is 0 Å². The molecule has 0 saturated heterocycles. The van der Waals surface area contributed by atoms with Gasteiger partial charge in [-0.1, -0.05) is 0 Å². The van der Waals surface area contributed by atoms with Gasteiger partial charge in [0.2, 0.25) is 0 Å². The van der Waals surface area contributed by atoms with Gasteiger partial charge in [-0.05, 0) is 6.92 Å². The Bertz CT molecular complexity index is 239. The first-order valence-corrected chi connectivity index (χ1v) is 3.21. The second-order valence-corrected chi connectivity index (χ2v) is 2.88. The molecule has 0 aliphatic heterocycles. The molecule has 3 heteroatoms. The Balaban J connectivity index is 3.16. The van der Waals surface area contributed by atoms with Crippen LogP contribution in [0.25, 0.3) is 0 Å². The first kappa shape index (κ1) is 6.24. The maximum Gasteiger partial charge on any atom is 0.138 e. The number of aryl methyl sites for hydroxylation is 1. The van der Waals surface area contributed by atoms with Crippen molar-refractivity contribution in [3.63, 3.8) is 0 Å². The molecular formula is C6H4FNS. The normalized spacial score (nSPS) is 9.00. The molecule has 0 atom stereocenters. The third kappa shape index (κ3) is 1.08. The van der Waals surface area contributed by atoms with Gasteiger partial charge in [-0.2, -0.15) is 5.26 Å². The molecule has 9 heavy (non-hydrogen) atoms. The lowest BCUT2D eigenvalue weighted by Crippen LogP contribution is -1.64. The molecule has 0 aromatic carbocycles. The maximum atomic E-state index is 12.4. The SMILES string of the molecule is Cc1sc(C#N)cc1F. The molecule has 0 amide bonds. The Kier molecular flexibility index (Phi) is 1.50. The molecule has 0 spiro atoms. The van der Waals surface area contributed by atoms with Crippen molar-refractivity contribution < 1.29 is 4.39 Å². The van der Waals surface area contributed by atoms with Gasteiger partial charge in [0.25, 0.3) is 0 Å². The highest BCUT2D eigenvalue weighted by molar-refractivity contribution is 7.12. The van der Waals surface area contributed by atoms with E-state index in [1.54, 1.807) is 6.92 Å². The van der Waals surface area contributed by atoms with Crippen LogP contribution in [-0.4, -0.2) is 0 Å². The average molecular weight is 141 g/mol. The van der Waals surface area contributed by atoms with Crippen molar-refractivity contribution in [1.82, 2.24) is 0 Å². The first-order chi connectivity index (χ1) is 4.24. The van der Waals surface area contributed by atoms with Crippen LogP contribution < -0.4 is 0 Å². The fourth-order valence-corrected chi connectivity index (χ4v) is 1.21. The van der Waals surface area contributed by atoms with Crippen LogP contribution in [0.3, 0.4) is 0 Å². The number of hydrogen-bond donors (Lipinski definition) is 0. The summed E-state index contributed by atoms with van der Waals surface area (Å²) in [5.41, 5.74) is 0. The fourth-order valence-electron chi connectivity index (χ4n) is 0.515. The lowest BCUT2D eigenvalue weighted by molar-refractivity contribution is 0.625. The van der Waals surface area contributed by atoms with Crippen LogP contribution in [0.15, 0.2) is 6.07 Å². The van der Waals surface area contributed by atoms with E-state index in [0.29, 0.717) is 9.75 Å². The number of halogens is 1. The number of thiophene rings is 1. The van der Waals surface area contributed by atoms with E-state index < -0.39 is 0 Å². The summed E-state index contributed by atoms with van der Waals surface area (Å²) in [7, 11) is 0. The average Bonchev–Trinajstić information content (AvgIpc) is 2.13. The first-order valence-electron chi connectivity index (χ1n) is 2.40. The topological polar surface area (TPSA) is 23.8 Å². The summed E-state index contributed by atoms with van der Waals surface area (Å²) in [6, 6.07) is 3.12. The predicted octanol–water partition coefficient (Wildman–Crippen LogP) is 2.07. The number of rotatable bonds is 0. The Hall–Kier alpha value is -0.880. The predicted molar refractivity (Wildman–Crippen MR) is 33.7 cm³/mol. The molecule has 0 aliphatic carbocycles. The van der Waals surface area contributed by atoms with Crippen LogP contribution >= 0.6 is 11.3 Å². The van der Waals surface area contributed by atoms with Crippen LogP contribution in [0.1, 0.15) is 9.75 Å². The lowest BCUT2D eigenvalue weighted by atomic mass is 10.4. The third-order valence-corrected chi connectivity index (χ3v) is 1.90. The Morgan fingerprint density at radius 2 is 2.44 bits per heavy atom. The summed E-state index contributed by atoms with van der Waals surface area (Å²) in [5, 5.41) is 8.27. The van der Waals surface area contributed by atoms with E-state index in [-0.39, 0.29) is 5.82 Å². The summed E-state index contributed by atoms with van der Waals surface area (Å²) in [5.74, 6) is -0.281. The fraction of sp³-hybridized carbons (Fsp3) is 0.167. The third-order valence-electron chi connectivity index (χ3n) is 0.967. The zero-order valence-electron chi connectivity index (χ0n) is 4.81. The van der Waals surface area contributed by atoms with Crippen molar-refractivity contribution in [2.24, 2.45) is 0 Å². The van der Waals surface area contributed by atoms with Crippen LogP contribution in [0.2, 0.25) is 0 Å². The van der Waals surface area contributed by atoms with Crippen LogP contribution in [-0.2, 0) is 0 Å². The minimum Gasteiger partial charge on any atom is -0.206 e. The molecule has 0 saturated carbocycles. The Morgan fingerprint density at radius 3 is 2.67 bits per heavy atom. The molecule has 1 rings (SSSR count). The zero-order chi connectivity index (χ0) is 6.85. The summed E-state index contributed by atoms with van der Waals surface area (Å²) in [4.78, 5) is 1.01. The van der Waals surface area contributed by atoms with Gasteiger partial charge >= 0.3 is 0 Å². The van der Waals surface area contributed by atoms with Gasteiger partial charge in [0.15, 0.2) is 0 Å². The molecular weight excluding hydrogens is 137 g/mol. The minimum absolute atomic E-state index is 0.281. The second kappa shape index (κ2) is 2.16. The monoisotopic (exact) mass is 141 g/mol. The van der Waals surface area contributed by atoms with Crippen LogP contribution in [0, 0.1) is 24.1 Å². The van der Waals surface area contributed by atoms with Gasteiger partial charge in [-0.3, -0.25) is 0 Å². The van der Waals surface area contributed by atoms with E-state index >= 15 is 0 Å². The molecule has 46 valence electrons. The van der Waals surface area contributed by atoms with E-state index in [0.717, 1.165) is 0 Å². The molecule has 0 bridgehead atoms. The van der Waals surface area contributed by atoms with E-state index in [9.17, 15) is 4.39 Å². The number of nitriles is 1. The summed E-state index contributed by atoms with van der Waals surface area (Å²) < 4.78 is 12.4. The second-order valence-electron chi connectivity index (χ2n) is 1.63. The minimum atomic E-state index is -0.281. The molecule has 0 N–H and O–H groups in total. The highest BCUT2D eigenvalue weighted by Crippen LogP contribution is 2.18. The summed E-state index contributed by atoms with van der Waals surface area (Å²) in [6.07, 6.45) is 0. The smallest absolute Gasteiger partial charge is 0.138 e. The maximum absolute atomic E-state index is 12.4. The quantitative estimate of drug-likeness (QED) is 0.542. The van der Waals surface area contributed by atoms with Gasteiger partial charge in [-0.25, -0.2) is 4.39 Å².